The maximum atomic E-state index is 11.9. The molecule has 2 aliphatic heterocycles. The van der Waals surface area contributed by atoms with Crippen LogP contribution in [0.15, 0.2) is 53.8 Å². The van der Waals surface area contributed by atoms with E-state index in [-0.39, 0.29) is 6.10 Å². The molecule has 0 aliphatic carbocycles. The summed E-state index contributed by atoms with van der Waals surface area (Å²) in [5, 5.41) is 0. The van der Waals surface area contributed by atoms with Crippen LogP contribution in [-0.4, -0.2) is 55.4 Å². The van der Waals surface area contributed by atoms with Crippen molar-refractivity contribution in [1.82, 2.24) is 15.0 Å². The Morgan fingerprint density at radius 1 is 0.970 bits per heavy atom. The van der Waals surface area contributed by atoms with E-state index in [0.29, 0.717) is 10.8 Å². The van der Waals surface area contributed by atoms with Gasteiger partial charge in [-0.25, -0.2) is 23.4 Å². The van der Waals surface area contributed by atoms with Gasteiger partial charge in [0.2, 0.25) is 5.88 Å². The summed E-state index contributed by atoms with van der Waals surface area (Å²) >= 11 is 0. The summed E-state index contributed by atoms with van der Waals surface area (Å²) in [6.07, 6.45) is 7.32. The van der Waals surface area contributed by atoms with Crippen LogP contribution in [-0.2, 0) is 16.3 Å². The fourth-order valence-electron chi connectivity index (χ4n) is 4.41. The Morgan fingerprint density at radius 2 is 1.79 bits per heavy atom. The van der Waals surface area contributed by atoms with Gasteiger partial charge in [-0.15, -0.1) is 0 Å². The molecule has 1 fully saturated rings. The summed E-state index contributed by atoms with van der Waals surface area (Å²) in [6, 6.07) is 11.3. The maximum Gasteiger partial charge on any atom is 0.218 e. The van der Waals surface area contributed by atoms with Gasteiger partial charge >= 0.3 is 0 Å². The summed E-state index contributed by atoms with van der Waals surface area (Å²) in [5.41, 5.74) is 3.15. The molecule has 2 aliphatic rings. The molecule has 0 radical (unpaired) electrons. The number of fused-ring (bicyclic) bond motifs is 1. The molecule has 0 atom stereocenters. The molecule has 1 saturated heterocycles. The minimum absolute atomic E-state index is 0.0950. The molecular formula is C24H27N5O3S. The second-order valence-electron chi connectivity index (χ2n) is 8.68. The van der Waals surface area contributed by atoms with E-state index < -0.39 is 9.84 Å². The number of hydrogen-bond donors (Lipinski definition) is 0. The third-order valence-corrected chi connectivity index (χ3v) is 7.34. The zero-order valence-corrected chi connectivity index (χ0v) is 19.6. The van der Waals surface area contributed by atoms with Crippen LogP contribution < -0.4 is 14.5 Å². The number of aromatic nitrogens is 3. The smallest absolute Gasteiger partial charge is 0.218 e. The predicted molar refractivity (Wildman–Crippen MR) is 127 cm³/mol. The molecule has 8 nitrogen and oxygen atoms in total. The third-order valence-electron chi connectivity index (χ3n) is 6.23. The Bertz CT molecular complexity index is 1260. The molecule has 0 N–H and O–H groups in total. The summed E-state index contributed by atoms with van der Waals surface area (Å²) in [7, 11) is -3.22. The summed E-state index contributed by atoms with van der Waals surface area (Å²) in [4.78, 5) is 18.0. The van der Waals surface area contributed by atoms with Crippen LogP contribution in [0, 0.1) is 6.92 Å². The van der Waals surface area contributed by atoms with Crippen molar-refractivity contribution in [2.45, 2.75) is 37.2 Å². The van der Waals surface area contributed by atoms with Crippen molar-refractivity contribution < 1.29 is 13.2 Å². The van der Waals surface area contributed by atoms with Crippen molar-refractivity contribution in [2.75, 3.05) is 35.7 Å². The molecule has 33 heavy (non-hydrogen) atoms. The van der Waals surface area contributed by atoms with E-state index in [1.165, 1.54) is 12.6 Å². The molecule has 9 heteroatoms. The molecule has 4 heterocycles. The van der Waals surface area contributed by atoms with Crippen LogP contribution in [0.1, 0.15) is 24.0 Å². The molecule has 0 unspecified atom stereocenters. The van der Waals surface area contributed by atoms with Crippen molar-refractivity contribution in [3.05, 3.63) is 60.0 Å². The fraction of sp³-hybridized carbons (Fsp3) is 0.375. The lowest BCUT2D eigenvalue weighted by atomic mass is 10.1. The van der Waals surface area contributed by atoms with Crippen LogP contribution in [0.4, 0.5) is 17.3 Å². The Morgan fingerprint density at radius 3 is 2.52 bits per heavy atom. The first-order valence-corrected chi connectivity index (χ1v) is 13.0. The first-order valence-electron chi connectivity index (χ1n) is 11.1. The average Bonchev–Trinajstić information content (AvgIpc) is 3.23. The number of aryl methyl sites for hydroxylation is 1. The topological polar surface area (TPSA) is 88.5 Å². The van der Waals surface area contributed by atoms with Crippen molar-refractivity contribution in [2.24, 2.45) is 0 Å². The Hall–Kier alpha value is -3.20. The van der Waals surface area contributed by atoms with E-state index in [2.05, 4.69) is 36.9 Å². The van der Waals surface area contributed by atoms with Gasteiger partial charge in [0.25, 0.3) is 0 Å². The van der Waals surface area contributed by atoms with Gasteiger partial charge in [-0.05, 0) is 48.7 Å². The van der Waals surface area contributed by atoms with E-state index in [1.54, 1.807) is 12.1 Å². The number of nitrogens with zero attached hydrogens (tertiary/aromatic N) is 5. The third kappa shape index (κ3) is 4.64. The van der Waals surface area contributed by atoms with E-state index >= 15 is 0 Å². The summed E-state index contributed by atoms with van der Waals surface area (Å²) < 4.78 is 30.0. The van der Waals surface area contributed by atoms with Gasteiger partial charge in [-0.3, -0.25) is 0 Å². The maximum absolute atomic E-state index is 11.9. The number of hydrogen-bond acceptors (Lipinski definition) is 8. The molecule has 0 bridgehead atoms. The number of piperidine rings is 1. The number of rotatable bonds is 5. The van der Waals surface area contributed by atoms with E-state index in [1.807, 2.05) is 25.3 Å². The molecule has 5 rings (SSSR count). The highest BCUT2D eigenvalue weighted by molar-refractivity contribution is 7.90. The normalized spacial score (nSPS) is 16.7. The first kappa shape index (κ1) is 21.6. The number of anilines is 3. The summed E-state index contributed by atoms with van der Waals surface area (Å²) in [5.74, 6) is 2.33. The molecule has 0 spiro atoms. The van der Waals surface area contributed by atoms with Crippen molar-refractivity contribution in [1.29, 1.82) is 0 Å². The van der Waals surface area contributed by atoms with Crippen LogP contribution in [0.5, 0.6) is 5.88 Å². The van der Waals surface area contributed by atoms with Gasteiger partial charge in [-0.1, -0.05) is 6.07 Å². The molecule has 1 aromatic carbocycles. The van der Waals surface area contributed by atoms with Crippen molar-refractivity contribution >= 4 is 27.2 Å². The second kappa shape index (κ2) is 8.62. The highest BCUT2D eigenvalue weighted by atomic mass is 32.2. The second-order valence-corrected chi connectivity index (χ2v) is 10.7. The highest BCUT2D eigenvalue weighted by Crippen LogP contribution is 2.35. The Kier molecular flexibility index (Phi) is 5.65. The van der Waals surface area contributed by atoms with Gasteiger partial charge in [-0.2, -0.15) is 0 Å². The molecule has 2 aromatic heterocycles. The first-order chi connectivity index (χ1) is 15.9. The Balaban J connectivity index is 1.25. The molecular weight excluding hydrogens is 438 g/mol. The number of benzene rings is 1. The highest BCUT2D eigenvalue weighted by Gasteiger charge is 2.25. The van der Waals surface area contributed by atoms with Crippen LogP contribution in [0.25, 0.3) is 0 Å². The minimum Gasteiger partial charge on any atom is -0.474 e. The predicted octanol–water partition coefficient (Wildman–Crippen LogP) is 3.33. The van der Waals surface area contributed by atoms with E-state index in [4.69, 9.17) is 4.74 Å². The lowest BCUT2D eigenvalue weighted by Gasteiger charge is -2.32. The van der Waals surface area contributed by atoms with Crippen molar-refractivity contribution in [3.63, 3.8) is 0 Å². The zero-order chi connectivity index (χ0) is 23.0. The van der Waals surface area contributed by atoms with Crippen LogP contribution in [0.2, 0.25) is 0 Å². The quantitative estimate of drug-likeness (QED) is 0.567. The van der Waals surface area contributed by atoms with Crippen molar-refractivity contribution in [3.8, 4) is 5.88 Å². The number of ether oxygens (including phenoxy) is 1. The SMILES string of the molecule is Cc1ccc(N2CCC(Oc3cc(N4CCc5cc(S(C)(=O)=O)ccc54)ncn3)CC2)nc1. The van der Waals surface area contributed by atoms with E-state index in [0.717, 1.165) is 67.3 Å². The molecule has 3 aromatic rings. The molecule has 172 valence electrons. The molecule has 0 amide bonds. The van der Waals surface area contributed by atoms with Crippen LogP contribution >= 0.6 is 0 Å². The summed E-state index contributed by atoms with van der Waals surface area (Å²) in [6.45, 7) is 4.56. The number of pyridine rings is 1. The molecule has 0 saturated carbocycles. The largest absolute Gasteiger partial charge is 0.474 e. The van der Waals surface area contributed by atoms with Gasteiger partial charge in [0.1, 0.15) is 24.1 Å². The Labute approximate surface area is 194 Å². The van der Waals surface area contributed by atoms with Crippen LogP contribution in [0.3, 0.4) is 0 Å². The van der Waals surface area contributed by atoms with Gasteiger partial charge < -0.3 is 14.5 Å². The lowest BCUT2D eigenvalue weighted by molar-refractivity contribution is 0.163. The monoisotopic (exact) mass is 465 g/mol. The van der Waals surface area contributed by atoms with Gasteiger partial charge in [0, 0.05) is 56.7 Å². The van der Waals surface area contributed by atoms with E-state index in [9.17, 15) is 8.42 Å². The average molecular weight is 466 g/mol. The van der Waals surface area contributed by atoms with Gasteiger partial charge in [0.05, 0.1) is 4.90 Å². The lowest BCUT2D eigenvalue weighted by Crippen LogP contribution is -2.38. The standard InChI is InChI=1S/C24H27N5O3S/c1-17-3-6-22(25-15-17)28-10-8-19(9-11-28)32-24-14-23(26-16-27-24)29-12-7-18-13-20(33(2,30)31)4-5-21(18)29/h3-6,13-16,19H,7-12H2,1-2H3. The zero-order valence-electron chi connectivity index (χ0n) is 18.8. The number of sulfone groups is 1. The van der Waals surface area contributed by atoms with Gasteiger partial charge in [0.15, 0.2) is 9.84 Å². The fourth-order valence-corrected chi connectivity index (χ4v) is 5.08. The minimum atomic E-state index is -3.22.